The molecule has 0 radical (unpaired) electrons. The van der Waals surface area contributed by atoms with Crippen LogP contribution < -0.4 is 5.32 Å². The highest BCUT2D eigenvalue weighted by molar-refractivity contribution is 5.42. The zero-order valence-corrected chi connectivity index (χ0v) is 12.4. The van der Waals surface area contributed by atoms with Gasteiger partial charge in [-0.05, 0) is 38.4 Å². The number of nitro benzene ring substituents is 1. The van der Waals surface area contributed by atoms with E-state index < -0.39 is 0 Å². The highest BCUT2D eigenvalue weighted by atomic mass is 16.6. The molecule has 1 fully saturated rings. The van der Waals surface area contributed by atoms with E-state index in [9.17, 15) is 10.1 Å². The third kappa shape index (κ3) is 3.55. The van der Waals surface area contributed by atoms with Gasteiger partial charge in [0.05, 0.1) is 4.92 Å². The molecule has 2 unspecified atom stereocenters. The molecule has 20 heavy (non-hydrogen) atoms. The Kier molecular flexibility index (Phi) is 4.73. The van der Waals surface area contributed by atoms with Crippen LogP contribution in [0.4, 0.5) is 5.69 Å². The summed E-state index contributed by atoms with van der Waals surface area (Å²) in [4.78, 5) is 13.0. The second-order valence-corrected chi connectivity index (χ2v) is 5.89. The number of benzene rings is 1. The third-order valence-corrected chi connectivity index (χ3v) is 4.15. The Morgan fingerprint density at radius 3 is 2.90 bits per heavy atom. The average molecular weight is 277 g/mol. The van der Waals surface area contributed by atoms with Gasteiger partial charge < -0.3 is 10.2 Å². The quantitative estimate of drug-likeness (QED) is 0.678. The highest BCUT2D eigenvalue weighted by Gasteiger charge is 2.23. The number of nitro groups is 1. The van der Waals surface area contributed by atoms with Gasteiger partial charge in [0, 0.05) is 30.8 Å². The Bertz CT molecular complexity index is 490. The zero-order chi connectivity index (χ0) is 14.7. The zero-order valence-electron chi connectivity index (χ0n) is 12.4. The molecule has 1 aliphatic rings. The maximum Gasteiger partial charge on any atom is 0.272 e. The lowest BCUT2D eigenvalue weighted by molar-refractivity contribution is -0.385. The smallest absolute Gasteiger partial charge is 0.272 e. The van der Waals surface area contributed by atoms with Gasteiger partial charge in [-0.15, -0.1) is 0 Å². The molecular formula is C15H23N3O2. The maximum atomic E-state index is 10.9. The number of hydrogen-bond donors (Lipinski definition) is 1. The van der Waals surface area contributed by atoms with E-state index in [0.717, 1.165) is 25.1 Å². The molecule has 110 valence electrons. The molecule has 1 N–H and O–H groups in total. The molecule has 1 saturated heterocycles. The van der Waals surface area contributed by atoms with Crippen molar-refractivity contribution >= 4 is 5.69 Å². The number of rotatable bonds is 4. The van der Waals surface area contributed by atoms with Crippen LogP contribution in [0.2, 0.25) is 0 Å². The van der Waals surface area contributed by atoms with Gasteiger partial charge >= 0.3 is 0 Å². The van der Waals surface area contributed by atoms with Gasteiger partial charge in [-0.3, -0.25) is 10.1 Å². The van der Waals surface area contributed by atoms with E-state index in [1.807, 2.05) is 12.1 Å². The van der Waals surface area contributed by atoms with Gasteiger partial charge in [0.2, 0.25) is 0 Å². The molecule has 1 aromatic carbocycles. The molecule has 5 heteroatoms. The van der Waals surface area contributed by atoms with Crippen LogP contribution in [-0.2, 0) is 6.54 Å². The van der Waals surface area contributed by atoms with E-state index in [2.05, 4.69) is 24.2 Å². The molecule has 2 rings (SSSR count). The predicted molar refractivity (Wildman–Crippen MR) is 79.7 cm³/mol. The van der Waals surface area contributed by atoms with Crippen molar-refractivity contribution in [1.29, 1.82) is 0 Å². The molecular weight excluding hydrogens is 254 g/mol. The average Bonchev–Trinajstić information content (AvgIpc) is 2.39. The highest BCUT2D eigenvalue weighted by Crippen LogP contribution is 2.20. The minimum Gasteiger partial charge on any atom is -0.310 e. The first-order valence-electron chi connectivity index (χ1n) is 7.13. The Hall–Kier alpha value is -1.46. The first-order chi connectivity index (χ1) is 9.47. The van der Waals surface area contributed by atoms with E-state index in [1.54, 1.807) is 13.0 Å². The van der Waals surface area contributed by atoms with Crippen molar-refractivity contribution in [2.45, 2.75) is 32.9 Å². The molecule has 1 aliphatic heterocycles. The largest absolute Gasteiger partial charge is 0.310 e. The lowest BCUT2D eigenvalue weighted by Crippen LogP contribution is -2.46. The predicted octanol–water partition coefficient (Wildman–Crippen LogP) is 2.33. The van der Waals surface area contributed by atoms with Crippen molar-refractivity contribution in [2.75, 3.05) is 20.1 Å². The topological polar surface area (TPSA) is 58.4 Å². The number of likely N-dealkylation sites (tertiary alicyclic amines) is 1. The van der Waals surface area contributed by atoms with Crippen molar-refractivity contribution < 1.29 is 4.92 Å². The molecule has 0 spiro atoms. The summed E-state index contributed by atoms with van der Waals surface area (Å²) in [6.45, 7) is 6.93. The molecule has 5 nitrogen and oxygen atoms in total. The van der Waals surface area contributed by atoms with Crippen molar-refractivity contribution in [1.82, 2.24) is 10.2 Å². The van der Waals surface area contributed by atoms with Crippen molar-refractivity contribution in [3.63, 3.8) is 0 Å². The van der Waals surface area contributed by atoms with Crippen LogP contribution in [0.1, 0.15) is 24.5 Å². The Labute approximate surface area is 120 Å². The minimum absolute atomic E-state index is 0.209. The summed E-state index contributed by atoms with van der Waals surface area (Å²) in [5.74, 6) is 0.606. The maximum absolute atomic E-state index is 10.9. The molecule has 0 amide bonds. The molecule has 0 aliphatic carbocycles. The molecule has 1 heterocycles. The second kappa shape index (κ2) is 6.33. The van der Waals surface area contributed by atoms with Gasteiger partial charge in [-0.1, -0.05) is 19.1 Å². The summed E-state index contributed by atoms with van der Waals surface area (Å²) in [6.07, 6.45) is 1.13. The first kappa shape index (κ1) is 14.9. The van der Waals surface area contributed by atoms with Crippen LogP contribution in [0.5, 0.6) is 0 Å². The summed E-state index contributed by atoms with van der Waals surface area (Å²) >= 11 is 0. The number of nitrogens with one attached hydrogen (secondary N) is 1. The molecule has 0 aromatic heterocycles. The lowest BCUT2D eigenvalue weighted by atomic mass is 9.94. The standard InChI is InChI=1S/C15H23N3O2/c1-11-4-5-13(8-15(11)18(19)20)9-16-14-6-7-17(3)10-12(14)2/h4-5,8,12,14,16H,6-7,9-10H2,1-3H3. The van der Waals surface area contributed by atoms with Gasteiger partial charge in [0.25, 0.3) is 5.69 Å². The summed E-state index contributed by atoms with van der Waals surface area (Å²) in [5.41, 5.74) is 1.90. The molecule has 1 aromatic rings. The van der Waals surface area contributed by atoms with Gasteiger partial charge in [0.15, 0.2) is 0 Å². The van der Waals surface area contributed by atoms with E-state index in [0.29, 0.717) is 24.1 Å². The third-order valence-electron chi connectivity index (χ3n) is 4.15. The number of hydrogen-bond acceptors (Lipinski definition) is 4. The van der Waals surface area contributed by atoms with Crippen LogP contribution in [0.15, 0.2) is 18.2 Å². The van der Waals surface area contributed by atoms with Crippen molar-refractivity contribution in [3.8, 4) is 0 Å². The molecule has 0 saturated carbocycles. The monoisotopic (exact) mass is 277 g/mol. The Morgan fingerprint density at radius 2 is 2.25 bits per heavy atom. The van der Waals surface area contributed by atoms with Gasteiger partial charge in [-0.25, -0.2) is 0 Å². The number of piperidine rings is 1. The Balaban J connectivity index is 1.97. The van der Waals surface area contributed by atoms with Gasteiger partial charge in [-0.2, -0.15) is 0 Å². The van der Waals surface area contributed by atoms with Crippen LogP contribution in [-0.4, -0.2) is 36.0 Å². The van der Waals surface area contributed by atoms with Crippen LogP contribution in [0.25, 0.3) is 0 Å². The van der Waals surface area contributed by atoms with Crippen LogP contribution in [0.3, 0.4) is 0 Å². The molecule has 2 atom stereocenters. The fourth-order valence-corrected chi connectivity index (χ4v) is 2.87. The Morgan fingerprint density at radius 1 is 1.50 bits per heavy atom. The summed E-state index contributed by atoms with van der Waals surface area (Å²) in [7, 11) is 2.15. The number of nitrogens with zero attached hydrogens (tertiary/aromatic N) is 2. The fraction of sp³-hybridized carbons (Fsp3) is 0.600. The fourth-order valence-electron chi connectivity index (χ4n) is 2.87. The number of aryl methyl sites for hydroxylation is 1. The SMILES string of the molecule is Cc1ccc(CNC2CCN(C)CC2C)cc1[N+](=O)[O-]. The molecule has 0 bridgehead atoms. The van der Waals surface area contributed by atoms with Crippen molar-refractivity contribution in [3.05, 3.63) is 39.4 Å². The summed E-state index contributed by atoms with van der Waals surface area (Å²) < 4.78 is 0. The van der Waals surface area contributed by atoms with E-state index >= 15 is 0 Å². The summed E-state index contributed by atoms with van der Waals surface area (Å²) in [6, 6.07) is 5.97. The van der Waals surface area contributed by atoms with Crippen molar-refractivity contribution in [2.24, 2.45) is 5.92 Å². The summed E-state index contributed by atoms with van der Waals surface area (Å²) in [5, 5.41) is 14.5. The second-order valence-electron chi connectivity index (χ2n) is 5.89. The first-order valence-corrected chi connectivity index (χ1v) is 7.13. The minimum atomic E-state index is -0.309. The van der Waals surface area contributed by atoms with Crippen LogP contribution in [0, 0.1) is 23.0 Å². The van der Waals surface area contributed by atoms with E-state index in [1.165, 1.54) is 0 Å². The lowest BCUT2D eigenvalue weighted by Gasteiger charge is -2.35. The van der Waals surface area contributed by atoms with E-state index in [4.69, 9.17) is 0 Å². The van der Waals surface area contributed by atoms with Gasteiger partial charge in [0.1, 0.15) is 0 Å². The van der Waals surface area contributed by atoms with E-state index in [-0.39, 0.29) is 10.6 Å². The normalized spacial score (nSPS) is 23.8. The van der Waals surface area contributed by atoms with Crippen LogP contribution >= 0.6 is 0 Å².